The van der Waals surface area contributed by atoms with Crippen molar-refractivity contribution in [3.63, 3.8) is 0 Å². The number of carboxylic acids is 1. The van der Waals surface area contributed by atoms with Crippen LogP contribution in [0.5, 0.6) is 0 Å². The molecule has 90 valence electrons. The van der Waals surface area contributed by atoms with E-state index < -0.39 is 29.7 Å². The summed E-state index contributed by atoms with van der Waals surface area (Å²) < 4.78 is 72.5. The molecule has 1 N–H and O–H groups in total. The zero-order valence-corrected chi connectivity index (χ0v) is 7.70. The number of halogens is 6. The molecule has 0 aromatic heterocycles. The molecule has 0 amide bonds. The lowest BCUT2D eigenvalue weighted by Crippen LogP contribution is -2.49. The molecule has 0 radical (unpaired) electrons. The molecule has 0 fully saturated rings. The molecule has 0 bridgehead atoms. The van der Waals surface area contributed by atoms with Crippen LogP contribution in [-0.4, -0.2) is 23.4 Å². The topological polar surface area (TPSA) is 37.3 Å². The van der Waals surface area contributed by atoms with Gasteiger partial charge in [-0.05, 0) is 13.8 Å². The molecule has 0 heterocycles. The van der Waals surface area contributed by atoms with Crippen molar-refractivity contribution in [3.8, 4) is 0 Å². The third-order valence-corrected chi connectivity index (χ3v) is 1.93. The first kappa shape index (κ1) is 14.0. The van der Waals surface area contributed by atoms with Gasteiger partial charge in [-0.15, -0.1) is 0 Å². The SMILES string of the molecule is CC(C)(C(=O)O)C(C(F)(F)F)C(F)(F)F. The van der Waals surface area contributed by atoms with Crippen LogP contribution in [0.1, 0.15) is 13.8 Å². The summed E-state index contributed by atoms with van der Waals surface area (Å²) in [6.07, 6.45) is -11.3. The number of hydrogen-bond donors (Lipinski definition) is 1. The van der Waals surface area contributed by atoms with Crippen molar-refractivity contribution < 1.29 is 36.2 Å². The largest absolute Gasteiger partial charge is 0.481 e. The van der Waals surface area contributed by atoms with E-state index in [0.29, 0.717) is 13.8 Å². The van der Waals surface area contributed by atoms with Crippen LogP contribution in [0, 0.1) is 11.3 Å². The fourth-order valence-electron chi connectivity index (χ4n) is 1.13. The Balaban J connectivity index is 5.43. The van der Waals surface area contributed by atoms with Gasteiger partial charge in [0.05, 0.1) is 5.41 Å². The fraction of sp³-hybridized carbons (Fsp3) is 0.857. The molecule has 0 saturated heterocycles. The maximum atomic E-state index is 12.1. The molecule has 0 spiro atoms. The minimum atomic E-state index is -5.64. The number of hydrogen-bond acceptors (Lipinski definition) is 1. The van der Waals surface area contributed by atoms with Crippen molar-refractivity contribution in [3.05, 3.63) is 0 Å². The highest BCUT2D eigenvalue weighted by atomic mass is 19.4. The lowest BCUT2D eigenvalue weighted by Gasteiger charge is -2.33. The monoisotopic (exact) mass is 238 g/mol. The van der Waals surface area contributed by atoms with E-state index in [0.717, 1.165) is 0 Å². The van der Waals surface area contributed by atoms with E-state index in [1.54, 1.807) is 0 Å². The number of alkyl halides is 6. The third-order valence-electron chi connectivity index (χ3n) is 1.93. The first-order valence-electron chi connectivity index (χ1n) is 3.68. The number of carbonyl (C=O) groups is 1. The molecule has 0 aliphatic heterocycles. The Morgan fingerprint density at radius 2 is 1.27 bits per heavy atom. The van der Waals surface area contributed by atoms with Crippen molar-refractivity contribution in [1.82, 2.24) is 0 Å². The molecule has 0 atom stereocenters. The quantitative estimate of drug-likeness (QED) is 0.751. The second kappa shape index (κ2) is 3.57. The van der Waals surface area contributed by atoms with E-state index in [2.05, 4.69) is 0 Å². The first-order chi connectivity index (χ1) is 6.31. The van der Waals surface area contributed by atoms with Crippen LogP contribution >= 0.6 is 0 Å². The normalized spacial score (nSPS) is 14.5. The molecule has 0 aromatic carbocycles. The van der Waals surface area contributed by atoms with Crippen LogP contribution in [-0.2, 0) is 4.79 Å². The second-order valence-corrected chi connectivity index (χ2v) is 3.54. The van der Waals surface area contributed by atoms with Crippen LogP contribution in [0.4, 0.5) is 26.3 Å². The molecule has 0 rings (SSSR count). The zero-order chi connectivity index (χ0) is 12.7. The van der Waals surface area contributed by atoms with E-state index in [9.17, 15) is 31.1 Å². The molecule has 8 heteroatoms. The highest BCUT2D eigenvalue weighted by Gasteiger charge is 2.65. The Kier molecular flexibility index (Phi) is 3.34. The Bertz CT molecular complexity index is 237. The highest BCUT2D eigenvalue weighted by Crippen LogP contribution is 2.49. The lowest BCUT2D eigenvalue weighted by molar-refractivity contribution is -0.310. The van der Waals surface area contributed by atoms with Crippen LogP contribution in [0.3, 0.4) is 0 Å². The Hall–Kier alpha value is -0.950. The summed E-state index contributed by atoms with van der Waals surface area (Å²) in [5.41, 5.74) is -2.95. The van der Waals surface area contributed by atoms with E-state index in [1.165, 1.54) is 0 Å². The number of aliphatic carboxylic acids is 1. The molecule has 0 saturated carbocycles. The van der Waals surface area contributed by atoms with Crippen molar-refractivity contribution in [2.75, 3.05) is 0 Å². The van der Waals surface area contributed by atoms with Gasteiger partial charge in [0.2, 0.25) is 0 Å². The van der Waals surface area contributed by atoms with Gasteiger partial charge >= 0.3 is 18.3 Å². The lowest BCUT2D eigenvalue weighted by atomic mass is 9.78. The highest BCUT2D eigenvalue weighted by molar-refractivity contribution is 5.74. The van der Waals surface area contributed by atoms with Gasteiger partial charge in [0.1, 0.15) is 0 Å². The van der Waals surface area contributed by atoms with E-state index in [1.807, 2.05) is 0 Å². The maximum absolute atomic E-state index is 12.1. The van der Waals surface area contributed by atoms with Gasteiger partial charge in [0, 0.05) is 0 Å². The van der Waals surface area contributed by atoms with E-state index in [4.69, 9.17) is 5.11 Å². The van der Waals surface area contributed by atoms with E-state index >= 15 is 0 Å². The molecule has 15 heavy (non-hydrogen) atoms. The Morgan fingerprint density at radius 1 is 1.00 bits per heavy atom. The molecule has 2 nitrogen and oxygen atoms in total. The van der Waals surface area contributed by atoms with Gasteiger partial charge in [-0.3, -0.25) is 4.79 Å². The number of rotatable bonds is 2. The van der Waals surface area contributed by atoms with Crippen molar-refractivity contribution in [1.29, 1.82) is 0 Å². The van der Waals surface area contributed by atoms with Crippen molar-refractivity contribution in [2.45, 2.75) is 26.2 Å². The summed E-state index contributed by atoms with van der Waals surface area (Å²) in [4.78, 5) is 10.4. The molecule has 0 aliphatic carbocycles. The van der Waals surface area contributed by atoms with E-state index in [-0.39, 0.29) is 0 Å². The average molecular weight is 238 g/mol. The molecule has 0 aromatic rings. The predicted octanol–water partition coefficient (Wildman–Crippen LogP) is 2.84. The standard InChI is InChI=1S/C7H8F6O2/c1-5(2,4(14)15)3(6(8,9)10)7(11,12)13/h3H,1-2H3,(H,14,15). The predicted molar refractivity (Wildman–Crippen MR) is 37.0 cm³/mol. The summed E-state index contributed by atoms with van der Waals surface area (Å²) in [6.45, 7) is 0.780. The van der Waals surface area contributed by atoms with Gasteiger partial charge in [-0.1, -0.05) is 0 Å². The summed E-state index contributed by atoms with van der Waals surface area (Å²) in [7, 11) is 0. The molecule has 0 aliphatic rings. The van der Waals surface area contributed by atoms with Gasteiger partial charge in [0.15, 0.2) is 5.92 Å². The van der Waals surface area contributed by atoms with Crippen LogP contribution in [0.15, 0.2) is 0 Å². The number of carboxylic acid groups (broad SMARTS) is 1. The average Bonchev–Trinajstić information content (AvgIpc) is 1.76. The maximum Gasteiger partial charge on any atom is 0.401 e. The molecular weight excluding hydrogens is 230 g/mol. The Morgan fingerprint density at radius 3 is 1.33 bits per heavy atom. The third kappa shape index (κ3) is 3.00. The summed E-state index contributed by atoms with van der Waals surface area (Å²) in [5.74, 6) is -6.03. The second-order valence-electron chi connectivity index (χ2n) is 3.54. The summed E-state index contributed by atoms with van der Waals surface area (Å²) in [6, 6.07) is 0. The van der Waals surface area contributed by atoms with Crippen molar-refractivity contribution >= 4 is 5.97 Å². The summed E-state index contributed by atoms with van der Waals surface area (Å²) in [5, 5.41) is 8.34. The summed E-state index contributed by atoms with van der Waals surface area (Å²) >= 11 is 0. The smallest absolute Gasteiger partial charge is 0.401 e. The molecular formula is C7H8F6O2. The van der Waals surface area contributed by atoms with Gasteiger partial charge in [-0.25, -0.2) is 0 Å². The van der Waals surface area contributed by atoms with Crippen LogP contribution < -0.4 is 0 Å². The van der Waals surface area contributed by atoms with Gasteiger partial charge in [0.25, 0.3) is 0 Å². The first-order valence-corrected chi connectivity index (χ1v) is 3.68. The Labute approximate surface area is 80.9 Å². The fourth-order valence-corrected chi connectivity index (χ4v) is 1.13. The van der Waals surface area contributed by atoms with Crippen molar-refractivity contribution in [2.24, 2.45) is 11.3 Å². The van der Waals surface area contributed by atoms with Gasteiger partial charge in [-0.2, -0.15) is 26.3 Å². The van der Waals surface area contributed by atoms with Crippen LogP contribution in [0.25, 0.3) is 0 Å². The zero-order valence-electron chi connectivity index (χ0n) is 7.70. The minimum Gasteiger partial charge on any atom is -0.481 e. The minimum absolute atomic E-state index is 0.390. The molecule has 0 unspecified atom stereocenters. The van der Waals surface area contributed by atoms with Gasteiger partial charge < -0.3 is 5.11 Å². The van der Waals surface area contributed by atoms with Crippen LogP contribution in [0.2, 0.25) is 0 Å².